The number of hydrogen-bond acceptors (Lipinski definition) is 0. The van der Waals surface area contributed by atoms with Gasteiger partial charge in [0.05, 0.1) is 0 Å². The van der Waals surface area contributed by atoms with Crippen molar-refractivity contribution in [2.75, 3.05) is 0 Å². The second kappa shape index (κ2) is 3.46. The zero-order chi connectivity index (χ0) is 12.0. The molecule has 86 valence electrons. The highest BCUT2D eigenvalue weighted by molar-refractivity contribution is 5.82. The highest BCUT2D eigenvalue weighted by Crippen LogP contribution is 2.51. The number of rotatable bonds is 1. The Hall–Kier alpha value is -1.56. The molecule has 1 unspecified atom stereocenters. The van der Waals surface area contributed by atoms with Gasteiger partial charge in [-0.1, -0.05) is 56.3 Å². The number of fused-ring (bicyclic) bond motifs is 3. The lowest BCUT2D eigenvalue weighted by Crippen LogP contribution is -2.18. The first-order chi connectivity index (χ1) is 8.18. The van der Waals surface area contributed by atoms with Crippen LogP contribution in [0.3, 0.4) is 0 Å². The van der Waals surface area contributed by atoms with Crippen LogP contribution < -0.4 is 0 Å². The first kappa shape index (κ1) is 10.6. The van der Waals surface area contributed by atoms with Crippen molar-refractivity contribution in [3.63, 3.8) is 0 Å². The smallest absolute Gasteiger partial charge is 0.0184 e. The molecular weight excluding hydrogens is 204 g/mol. The zero-order valence-electron chi connectivity index (χ0n) is 10.7. The highest BCUT2D eigenvalue weighted by Gasteiger charge is 2.37. The van der Waals surface area contributed by atoms with Crippen molar-refractivity contribution in [2.24, 2.45) is 0 Å². The highest BCUT2D eigenvalue weighted by atomic mass is 14.4. The summed E-state index contributed by atoms with van der Waals surface area (Å²) in [6, 6.07) is 15.6. The van der Waals surface area contributed by atoms with E-state index in [9.17, 15) is 0 Å². The topological polar surface area (TPSA) is 0 Å². The second-order valence-corrected chi connectivity index (χ2v) is 5.23. The van der Waals surface area contributed by atoms with Crippen LogP contribution in [0.4, 0.5) is 0 Å². The second-order valence-electron chi connectivity index (χ2n) is 5.23. The maximum atomic E-state index is 2.37. The van der Waals surface area contributed by atoms with Gasteiger partial charge in [0, 0.05) is 5.41 Å². The molecule has 0 amide bonds. The maximum absolute atomic E-state index is 2.37. The molecule has 3 rings (SSSR count). The molecular formula is C17H18. The monoisotopic (exact) mass is 222 g/mol. The molecule has 2 aromatic rings. The van der Waals surface area contributed by atoms with E-state index in [4.69, 9.17) is 0 Å². The largest absolute Gasteiger partial charge is 0.0642 e. The van der Waals surface area contributed by atoms with E-state index in [0.29, 0.717) is 0 Å². The first-order valence-electron chi connectivity index (χ1n) is 6.38. The van der Waals surface area contributed by atoms with Crippen LogP contribution in [0, 0.1) is 6.92 Å². The van der Waals surface area contributed by atoms with Crippen molar-refractivity contribution >= 4 is 0 Å². The lowest BCUT2D eigenvalue weighted by molar-refractivity contribution is 0.564. The number of hydrogen-bond donors (Lipinski definition) is 0. The van der Waals surface area contributed by atoms with Crippen molar-refractivity contribution in [1.29, 1.82) is 0 Å². The van der Waals surface area contributed by atoms with Gasteiger partial charge in [0.25, 0.3) is 0 Å². The van der Waals surface area contributed by atoms with Crippen LogP contribution in [0.2, 0.25) is 0 Å². The molecule has 1 atom stereocenters. The van der Waals surface area contributed by atoms with Gasteiger partial charge in [-0.25, -0.2) is 0 Å². The average molecular weight is 222 g/mol. The third-order valence-corrected chi connectivity index (χ3v) is 4.37. The molecule has 0 nitrogen and oxygen atoms in total. The molecule has 0 saturated carbocycles. The minimum atomic E-state index is 0.192. The van der Waals surface area contributed by atoms with E-state index < -0.39 is 0 Å². The van der Waals surface area contributed by atoms with Crippen molar-refractivity contribution in [1.82, 2.24) is 0 Å². The van der Waals surface area contributed by atoms with E-state index in [1.807, 2.05) is 0 Å². The summed E-state index contributed by atoms with van der Waals surface area (Å²) in [6.07, 6.45) is 1.15. The van der Waals surface area contributed by atoms with E-state index in [-0.39, 0.29) is 5.41 Å². The summed E-state index contributed by atoms with van der Waals surface area (Å²) in [7, 11) is 0. The molecule has 0 aromatic heterocycles. The molecule has 2 aromatic carbocycles. The van der Waals surface area contributed by atoms with Crippen molar-refractivity contribution < 1.29 is 0 Å². The Morgan fingerprint density at radius 3 is 2.41 bits per heavy atom. The number of benzene rings is 2. The molecule has 0 spiro atoms. The van der Waals surface area contributed by atoms with E-state index in [1.54, 1.807) is 0 Å². The summed E-state index contributed by atoms with van der Waals surface area (Å²) < 4.78 is 0. The van der Waals surface area contributed by atoms with Crippen LogP contribution in [0.5, 0.6) is 0 Å². The van der Waals surface area contributed by atoms with Gasteiger partial charge in [-0.3, -0.25) is 0 Å². The fraction of sp³-hybridized carbons (Fsp3) is 0.294. The molecule has 0 saturated heterocycles. The quantitative estimate of drug-likeness (QED) is 0.656. The summed E-state index contributed by atoms with van der Waals surface area (Å²) in [5.74, 6) is 0. The molecule has 0 N–H and O–H groups in total. The third kappa shape index (κ3) is 1.24. The molecule has 1 aliphatic carbocycles. The Morgan fingerprint density at radius 2 is 1.65 bits per heavy atom. The Labute approximate surface area is 103 Å². The van der Waals surface area contributed by atoms with E-state index in [0.717, 1.165) is 6.42 Å². The summed E-state index contributed by atoms with van der Waals surface area (Å²) >= 11 is 0. The molecule has 1 aliphatic rings. The summed E-state index contributed by atoms with van der Waals surface area (Å²) in [5, 5.41) is 0. The van der Waals surface area contributed by atoms with Crippen LogP contribution in [0.1, 0.15) is 37.0 Å². The summed E-state index contributed by atoms with van der Waals surface area (Å²) in [5.41, 5.74) is 7.48. The number of aryl methyl sites for hydroxylation is 1. The van der Waals surface area contributed by atoms with Gasteiger partial charge in [-0.2, -0.15) is 0 Å². The first-order valence-corrected chi connectivity index (χ1v) is 6.38. The SMILES string of the molecule is CCC1(C)c2ccccc2-c2c(C)cccc21. The van der Waals surface area contributed by atoms with E-state index >= 15 is 0 Å². The minimum Gasteiger partial charge on any atom is -0.0642 e. The van der Waals surface area contributed by atoms with Crippen LogP contribution in [-0.2, 0) is 5.41 Å². The summed E-state index contributed by atoms with van der Waals surface area (Å²) in [4.78, 5) is 0. The Bertz CT molecular complexity index is 580. The zero-order valence-corrected chi connectivity index (χ0v) is 10.7. The van der Waals surface area contributed by atoms with Crippen LogP contribution >= 0.6 is 0 Å². The molecule has 0 aliphatic heterocycles. The van der Waals surface area contributed by atoms with Crippen LogP contribution in [0.25, 0.3) is 11.1 Å². The van der Waals surface area contributed by atoms with Crippen molar-refractivity contribution in [3.8, 4) is 11.1 Å². The Balaban J connectivity index is 2.43. The van der Waals surface area contributed by atoms with Gasteiger partial charge in [0.1, 0.15) is 0 Å². The van der Waals surface area contributed by atoms with Gasteiger partial charge >= 0.3 is 0 Å². The molecule has 0 bridgehead atoms. The van der Waals surface area contributed by atoms with Crippen LogP contribution in [0.15, 0.2) is 42.5 Å². The molecule has 0 heteroatoms. The van der Waals surface area contributed by atoms with E-state index in [2.05, 4.69) is 63.2 Å². The van der Waals surface area contributed by atoms with Gasteiger partial charge in [0.2, 0.25) is 0 Å². The fourth-order valence-electron chi connectivity index (χ4n) is 3.19. The van der Waals surface area contributed by atoms with Gasteiger partial charge in [-0.15, -0.1) is 0 Å². The molecule has 0 heterocycles. The predicted molar refractivity (Wildman–Crippen MR) is 73.4 cm³/mol. The van der Waals surface area contributed by atoms with Gasteiger partial charge < -0.3 is 0 Å². The standard InChI is InChI=1S/C17H18/c1-4-17(3)14-10-6-5-9-13(14)16-12(2)8-7-11-15(16)17/h5-11H,4H2,1-3H3. The van der Waals surface area contributed by atoms with Crippen molar-refractivity contribution in [2.45, 2.75) is 32.6 Å². The molecule has 0 radical (unpaired) electrons. The fourth-order valence-corrected chi connectivity index (χ4v) is 3.19. The average Bonchev–Trinajstić information content (AvgIpc) is 2.63. The Kier molecular flexibility index (Phi) is 2.16. The van der Waals surface area contributed by atoms with Gasteiger partial charge in [0.15, 0.2) is 0 Å². The van der Waals surface area contributed by atoms with Crippen LogP contribution in [-0.4, -0.2) is 0 Å². The predicted octanol–water partition coefficient (Wildman–Crippen LogP) is 4.69. The van der Waals surface area contributed by atoms with E-state index in [1.165, 1.54) is 27.8 Å². The Morgan fingerprint density at radius 1 is 0.941 bits per heavy atom. The maximum Gasteiger partial charge on any atom is 0.0184 e. The normalized spacial score (nSPS) is 21.1. The van der Waals surface area contributed by atoms with Crippen molar-refractivity contribution in [3.05, 3.63) is 59.2 Å². The molecule has 0 fully saturated rings. The molecule has 17 heavy (non-hydrogen) atoms. The lowest BCUT2D eigenvalue weighted by atomic mass is 9.78. The van der Waals surface area contributed by atoms with Gasteiger partial charge in [-0.05, 0) is 41.2 Å². The minimum absolute atomic E-state index is 0.192. The lowest BCUT2D eigenvalue weighted by Gasteiger charge is -2.25. The third-order valence-electron chi connectivity index (χ3n) is 4.37. The summed E-state index contributed by atoms with van der Waals surface area (Å²) in [6.45, 7) is 6.88.